The highest BCUT2D eigenvalue weighted by Gasteiger charge is 2.35. The lowest BCUT2D eigenvalue weighted by Gasteiger charge is -2.31. The van der Waals surface area contributed by atoms with Gasteiger partial charge in [0.15, 0.2) is 0 Å². The number of ether oxygens (including phenoxy) is 1. The van der Waals surface area contributed by atoms with Crippen molar-refractivity contribution in [2.24, 2.45) is 0 Å². The highest BCUT2D eigenvalue weighted by molar-refractivity contribution is 6.24. The summed E-state index contributed by atoms with van der Waals surface area (Å²) in [4.78, 5) is 10.2. The molecular formula is C88H96N4O2. The van der Waals surface area contributed by atoms with Gasteiger partial charge in [0.2, 0.25) is 0 Å². The average molecular weight is 1240 g/mol. The summed E-state index contributed by atoms with van der Waals surface area (Å²) in [5.41, 5.74) is 23.7. The molecule has 0 fully saturated rings. The van der Waals surface area contributed by atoms with E-state index < -0.39 is 0 Å². The van der Waals surface area contributed by atoms with Crippen molar-refractivity contribution in [2.45, 2.75) is 183 Å². The molecule has 9 aromatic carbocycles. The minimum atomic E-state index is -0.179. The lowest BCUT2D eigenvalue weighted by Crippen LogP contribution is -2.25. The zero-order valence-corrected chi connectivity index (χ0v) is 59.7. The van der Waals surface area contributed by atoms with Crippen molar-refractivity contribution in [1.29, 1.82) is 0 Å². The van der Waals surface area contributed by atoms with Crippen molar-refractivity contribution >= 4 is 66.5 Å². The van der Waals surface area contributed by atoms with Gasteiger partial charge in [-0.3, -0.25) is 4.57 Å². The van der Waals surface area contributed by atoms with Crippen LogP contribution < -0.4 is 14.5 Å². The van der Waals surface area contributed by atoms with E-state index in [-0.39, 0.29) is 37.9 Å². The van der Waals surface area contributed by atoms with E-state index in [1.165, 1.54) is 72.4 Å². The van der Waals surface area contributed by atoms with Gasteiger partial charge >= 0.3 is 0 Å². The molecule has 0 atom stereocenters. The molecule has 13 rings (SSSR count). The summed E-state index contributed by atoms with van der Waals surface area (Å²) in [7, 11) is 0. The molecule has 0 radical (unpaired) electrons. The Bertz CT molecular complexity index is 4770. The van der Waals surface area contributed by atoms with Crippen molar-refractivity contribution in [3.63, 3.8) is 0 Å². The maximum atomic E-state index is 7.51. The maximum Gasteiger partial charge on any atom is 0.145 e. The predicted octanol–water partition coefficient (Wildman–Crippen LogP) is 25.2. The number of fused-ring (bicyclic) bond motifs is 8. The normalized spacial score (nSPS) is 13.7. The number of furan rings is 1. The summed E-state index contributed by atoms with van der Waals surface area (Å²) in [5, 5.41) is 4.29. The van der Waals surface area contributed by atoms with Gasteiger partial charge in [-0.25, -0.2) is 4.98 Å². The Morgan fingerprint density at radius 1 is 0.383 bits per heavy atom. The summed E-state index contributed by atoms with van der Waals surface area (Å²) in [5.74, 6) is 2.30. The lowest BCUT2D eigenvalue weighted by atomic mass is 9.74. The number of pyridine rings is 1. The molecule has 0 N–H and O–H groups in total. The van der Waals surface area contributed by atoms with Gasteiger partial charge in [0.1, 0.15) is 35.2 Å². The first-order valence-electron chi connectivity index (χ1n) is 33.9. The molecule has 0 spiro atoms. The Labute approximate surface area is 559 Å². The van der Waals surface area contributed by atoms with Crippen molar-refractivity contribution < 1.29 is 9.15 Å². The number of nitrogens with zero attached hydrogens (tertiary/aromatic N) is 4. The van der Waals surface area contributed by atoms with E-state index in [0.29, 0.717) is 12.4 Å². The van der Waals surface area contributed by atoms with Gasteiger partial charge in [-0.1, -0.05) is 249 Å². The number of para-hydroxylation sites is 4. The largest absolute Gasteiger partial charge is 0.457 e. The number of hydrogen-bond donors (Lipinski definition) is 0. The Kier molecular flexibility index (Phi) is 15.2. The van der Waals surface area contributed by atoms with E-state index >= 15 is 0 Å². The van der Waals surface area contributed by atoms with E-state index in [0.717, 1.165) is 77.9 Å². The monoisotopic (exact) mass is 1240 g/mol. The molecule has 0 aliphatic carbocycles. The van der Waals surface area contributed by atoms with E-state index in [2.05, 4.69) is 336 Å². The Hall–Kier alpha value is -8.87. The van der Waals surface area contributed by atoms with Crippen LogP contribution in [-0.4, -0.2) is 16.2 Å². The van der Waals surface area contributed by atoms with Crippen molar-refractivity contribution in [1.82, 2.24) is 9.55 Å². The highest BCUT2D eigenvalue weighted by Crippen LogP contribution is 2.54. The number of rotatable bonds is 8. The van der Waals surface area contributed by atoms with E-state index in [1.54, 1.807) is 0 Å². The molecule has 0 bridgehead atoms. The van der Waals surface area contributed by atoms with Crippen LogP contribution in [0.4, 0.5) is 22.7 Å². The minimum absolute atomic E-state index is 0.0849. The lowest BCUT2D eigenvalue weighted by molar-refractivity contribution is 0.483. The molecule has 94 heavy (non-hydrogen) atoms. The first kappa shape index (κ1) is 63.9. The van der Waals surface area contributed by atoms with Crippen molar-refractivity contribution in [3.8, 4) is 50.7 Å². The quantitative estimate of drug-likeness (QED) is 0.152. The molecular weight excluding hydrogens is 1140 g/mol. The highest BCUT2D eigenvalue weighted by atomic mass is 16.5. The Morgan fingerprint density at radius 2 is 0.904 bits per heavy atom. The zero-order valence-electron chi connectivity index (χ0n) is 59.7. The number of aromatic nitrogens is 2. The van der Waals surface area contributed by atoms with Gasteiger partial charge in [0, 0.05) is 51.3 Å². The summed E-state index contributed by atoms with van der Waals surface area (Å²) in [6.07, 6.45) is 1.94. The average Bonchev–Trinajstić information content (AvgIpc) is 1.55. The fourth-order valence-corrected chi connectivity index (χ4v) is 14.0. The van der Waals surface area contributed by atoms with Crippen LogP contribution in [-0.2, 0) is 37.9 Å². The molecule has 0 saturated carbocycles. The third-order valence-electron chi connectivity index (χ3n) is 19.5. The van der Waals surface area contributed by atoms with Crippen LogP contribution in [0.1, 0.15) is 184 Å². The minimum Gasteiger partial charge on any atom is -0.457 e. The molecule has 12 aromatic rings. The SMILES string of the molecule is CC(C)(C)c1cc(-c2cccc(-c3cc(C(C)(C)C)cc(C(C)(C)C)c3)c2N2CN(c3cc(Oc4ccc5c6c7oc8ccccc8c7ccc6n(-c6cc(C(C)(C)C)ccn6)c5c4)cc(-c4c(C(C)(C)C)cccc4C(C)(C)C)c3)c3ccccc32)cc(C(C)(C)C)c1. The number of anilines is 4. The van der Waals surface area contributed by atoms with Gasteiger partial charge < -0.3 is 19.0 Å². The third kappa shape index (κ3) is 11.7. The topological polar surface area (TPSA) is 46.7 Å². The Morgan fingerprint density at radius 3 is 1.46 bits per heavy atom. The summed E-state index contributed by atoms with van der Waals surface area (Å²) in [6, 6.07) is 68.4. The predicted molar refractivity (Wildman–Crippen MR) is 402 cm³/mol. The van der Waals surface area contributed by atoms with Crippen LogP contribution in [0, 0.1) is 0 Å². The van der Waals surface area contributed by atoms with Gasteiger partial charge in [-0.05, 0) is 166 Å². The third-order valence-corrected chi connectivity index (χ3v) is 19.5. The second-order valence-electron chi connectivity index (χ2n) is 33.9. The number of benzene rings is 9. The van der Waals surface area contributed by atoms with Crippen LogP contribution in [0.5, 0.6) is 11.5 Å². The Balaban J connectivity index is 1.05. The second-order valence-corrected chi connectivity index (χ2v) is 33.9. The van der Waals surface area contributed by atoms with Crippen LogP contribution in [0.25, 0.3) is 82.9 Å². The smallest absolute Gasteiger partial charge is 0.145 e. The van der Waals surface area contributed by atoms with Crippen molar-refractivity contribution in [2.75, 3.05) is 16.5 Å². The van der Waals surface area contributed by atoms with E-state index in [4.69, 9.17) is 14.1 Å². The van der Waals surface area contributed by atoms with Crippen LogP contribution in [0.15, 0.2) is 193 Å². The van der Waals surface area contributed by atoms with Gasteiger partial charge in [-0.2, -0.15) is 0 Å². The molecule has 6 nitrogen and oxygen atoms in total. The second kappa shape index (κ2) is 22.4. The van der Waals surface area contributed by atoms with Crippen LogP contribution in [0.2, 0.25) is 0 Å². The van der Waals surface area contributed by atoms with Crippen LogP contribution >= 0.6 is 0 Å². The molecule has 480 valence electrons. The molecule has 1 aliphatic heterocycles. The van der Waals surface area contributed by atoms with E-state index in [1.807, 2.05) is 12.3 Å². The maximum absolute atomic E-state index is 7.51. The first-order chi connectivity index (χ1) is 44.0. The number of hydrogen-bond acceptors (Lipinski definition) is 5. The van der Waals surface area contributed by atoms with E-state index in [9.17, 15) is 0 Å². The molecule has 3 aromatic heterocycles. The molecule has 6 heteroatoms. The summed E-state index contributed by atoms with van der Waals surface area (Å²) in [6.45, 7) is 49.5. The molecule has 4 heterocycles. The summed E-state index contributed by atoms with van der Waals surface area (Å²) < 4.78 is 16.6. The van der Waals surface area contributed by atoms with Crippen LogP contribution in [0.3, 0.4) is 0 Å². The zero-order chi connectivity index (χ0) is 67.1. The van der Waals surface area contributed by atoms with Gasteiger partial charge in [0.05, 0.1) is 33.5 Å². The van der Waals surface area contributed by atoms with Gasteiger partial charge in [0.25, 0.3) is 0 Å². The standard InChI is InChI=1S/C88H96N4O2/c1-82(2,3)57-40-41-89-77(50-57)92-74-39-38-68-67-28-22-25-35-76(67)94-81(68)79(74)69-37-36-63(52-75(69)92)93-64-47-56(78-70(87(16,17)18)31-27-32-71(78)88(19,20)21)46-62(51-64)90-53-91(73-34-24-23-33-72(73)90)80-65(54-42-58(83(4,5)6)48-59(43-54)84(7,8)9)29-26-30-66(80)55-44-60(85(10,11)12)49-61(45-55)86(13,14)15/h22-52H,53H2,1-21H3. The molecule has 0 unspecified atom stereocenters. The van der Waals surface area contributed by atoms with Crippen molar-refractivity contribution in [3.05, 3.63) is 227 Å². The van der Waals surface area contributed by atoms with Gasteiger partial charge in [-0.15, -0.1) is 0 Å². The molecule has 1 aliphatic rings. The fourth-order valence-electron chi connectivity index (χ4n) is 14.0. The fraction of sp³-hybridized carbons (Fsp3) is 0.330. The molecule has 0 saturated heterocycles. The molecule has 0 amide bonds. The first-order valence-corrected chi connectivity index (χ1v) is 33.9. The summed E-state index contributed by atoms with van der Waals surface area (Å²) >= 11 is 0.